The molecule has 0 spiro atoms. The summed E-state index contributed by atoms with van der Waals surface area (Å²) < 4.78 is 5.48. The van der Waals surface area contributed by atoms with Gasteiger partial charge in [0.05, 0.1) is 25.4 Å². The first kappa shape index (κ1) is 69.8. The van der Waals surface area contributed by atoms with Gasteiger partial charge >= 0.3 is 5.97 Å². The van der Waals surface area contributed by atoms with Gasteiger partial charge in [0.15, 0.2) is 0 Å². The molecule has 0 radical (unpaired) electrons. The molecule has 0 rings (SSSR count). The second-order valence-electron chi connectivity index (χ2n) is 21.7. The highest BCUT2D eigenvalue weighted by Crippen LogP contribution is 2.17. The monoisotopic (exact) mass is 1010 g/mol. The van der Waals surface area contributed by atoms with Crippen LogP contribution in [0.5, 0.6) is 0 Å². The molecule has 0 saturated carbocycles. The highest BCUT2D eigenvalue weighted by molar-refractivity contribution is 5.76. The average molecular weight is 1010 g/mol. The zero-order chi connectivity index (χ0) is 52.2. The number of ether oxygens (including phenoxy) is 1. The van der Waals surface area contributed by atoms with Crippen molar-refractivity contribution in [1.29, 1.82) is 0 Å². The number of nitrogens with one attached hydrogen (secondary N) is 1. The molecular weight excluding hydrogens is 887 g/mol. The molecule has 0 saturated heterocycles. The summed E-state index contributed by atoms with van der Waals surface area (Å²) in [6.45, 7) is 4.89. The van der Waals surface area contributed by atoms with Crippen LogP contribution in [0.15, 0.2) is 48.6 Å². The lowest BCUT2D eigenvalue weighted by molar-refractivity contribution is -0.143. The fourth-order valence-electron chi connectivity index (χ4n) is 9.66. The smallest absolute Gasteiger partial charge is 0.305 e. The van der Waals surface area contributed by atoms with Crippen molar-refractivity contribution in [2.45, 2.75) is 347 Å². The summed E-state index contributed by atoms with van der Waals surface area (Å²) in [5.74, 6) is -0.0715. The average Bonchev–Trinajstić information content (AvgIpc) is 3.38. The lowest BCUT2D eigenvalue weighted by atomic mass is 10.0. The third kappa shape index (κ3) is 57.1. The number of aliphatic hydroxyl groups is 2. The van der Waals surface area contributed by atoms with Gasteiger partial charge in [-0.15, -0.1) is 0 Å². The SMILES string of the molecule is CCCCCC/C=C\C/C=C\CCCCCCCC(=O)OCCCCCCCCCCCCCC/C=C\CCCCCCCCCCCC(=O)NC(CO)C(O)/C=C/CCCCCCCCCCCCCC. The molecule has 72 heavy (non-hydrogen) atoms. The van der Waals surface area contributed by atoms with E-state index < -0.39 is 12.1 Å². The molecule has 0 aromatic heterocycles. The van der Waals surface area contributed by atoms with E-state index in [2.05, 4.69) is 55.6 Å². The number of unbranched alkanes of at least 4 members (excludes halogenated alkanes) is 42. The molecule has 0 aromatic carbocycles. The van der Waals surface area contributed by atoms with Crippen molar-refractivity contribution in [1.82, 2.24) is 5.32 Å². The molecule has 0 aliphatic carbocycles. The lowest BCUT2D eigenvalue weighted by Gasteiger charge is -2.20. The first-order valence-electron chi connectivity index (χ1n) is 31.9. The van der Waals surface area contributed by atoms with E-state index in [4.69, 9.17) is 4.74 Å². The number of amides is 1. The Bertz CT molecular complexity index is 1210. The van der Waals surface area contributed by atoms with Crippen molar-refractivity contribution in [2.75, 3.05) is 13.2 Å². The number of aliphatic hydroxyl groups excluding tert-OH is 2. The van der Waals surface area contributed by atoms with Crippen LogP contribution in [0.1, 0.15) is 335 Å². The van der Waals surface area contributed by atoms with Gasteiger partial charge < -0.3 is 20.3 Å². The fourth-order valence-corrected chi connectivity index (χ4v) is 9.66. The molecule has 6 nitrogen and oxygen atoms in total. The van der Waals surface area contributed by atoms with Crippen LogP contribution in [0.4, 0.5) is 0 Å². The Balaban J connectivity index is 3.42. The Hall–Kier alpha value is -2.18. The highest BCUT2D eigenvalue weighted by Gasteiger charge is 2.18. The zero-order valence-corrected chi connectivity index (χ0v) is 48.2. The molecule has 2 unspecified atom stereocenters. The Morgan fingerprint density at radius 2 is 0.694 bits per heavy atom. The molecule has 0 heterocycles. The molecule has 0 bridgehead atoms. The van der Waals surface area contributed by atoms with E-state index in [9.17, 15) is 19.8 Å². The molecule has 3 N–H and O–H groups in total. The van der Waals surface area contributed by atoms with Gasteiger partial charge in [0.2, 0.25) is 5.91 Å². The predicted octanol–water partition coefficient (Wildman–Crippen LogP) is 20.1. The first-order valence-corrected chi connectivity index (χ1v) is 31.9. The summed E-state index contributed by atoms with van der Waals surface area (Å²) >= 11 is 0. The van der Waals surface area contributed by atoms with Crippen molar-refractivity contribution >= 4 is 11.9 Å². The maximum absolute atomic E-state index is 12.5. The molecule has 0 aliphatic heterocycles. The van der Waals surface area contributed by atoms with Crippen LogP contribution in [-0.2, 0) is 14.3 Å². The molecular formula is C66H123NO5. The van der Waals surface area contributed by atoms with Crippen molar-refractivity contribution in [2.24, 2.45) is 0 Å². The van der Waals surface area contributed by atoms with E-state index in [0.29, 0.717) is 19.4 Å². The number of hydrogen-bond acceptors (Lipinski definition) is 5. The van der Waals surface area contributed by atoms with Gasteiger partial charge in [-0.25, -0.2) is 0 Å². The van der Waals surface area contributed by atoms with Crippen LogP contribution in [-0.4, -0.2) is 47.4 Å². The molecule has 0 aliphatic rings. The summed E-state index contributed by atoms with van der Waals surface area (Å²) in [6.07, 6.45) is 78.7. The van der Waals surface area contributed by atoms with Gasteiger partial charge in [-0.2, -0.15) is 0 Å². The van der Waals surface area contributed by atoms with Crippen molar-refractivity contribution in [3.8, 4) is 0 Å². The summed E-state index contributed by atoms with van der Waals surface area (Å²) in [5, 5.41) is 23.1. The van der Waals surface area contributed by atoms with Crippen LogP contribution in [0.3, 0.4) is 0 Å². The lowest BCUT2D eigenvalue weighted by Crippen LogP contribution is -2.45. The number of carbonyl (C=O) groups excluding carboxylic acids is 2. The van der Waals surface area contributed by atoms with Crippen LogP contribution < -0.4 is 5.32 Å². The van der Waals surface area contributed by atoms with Gasteiger partial charge in [-0.05, 0) is 89.9 Å². The zero-order valence-electron chi connectivity index (χ0n) is 48.2. The number of allylic oxidation sites excluding steroid dienone is 7. The van der Waals surface area contributed by atoms with E-state index in [-0.39, 0.29) is 18.5 Å². The van der Waals surface area contributed by atoms with Crippen molar-refractivity contribution < 1.29 is 24.5 Å². The predicted molar refractivity (Wildman–Crippen MR) is 315 cm³/mol. The Labute approximate surface area is 448 Å². The van der Waals surface area contributed by atoms with Gasteiger partial charge in [-0.3, -0.25) is 9.59 Å². The molecule has 422 valence electrons. The largest absolute Gasteiger partial charge is 0.466 e. The molecule has 0 fully saturated rings. The van der Waals surface area contributed by atoms with Gasteiger partial charge in [-0.1, -0.05) is 281 Å². The Morgan fingerprint density at radius 1 is 0.389 bits per heavy atom. The number of carbonyl (C=O) groups is 2. The highest BCUT2D eigenvalue weighted by atomic mass is 16.5. The van der Waals surface area contributed by atoms with Gasteiger partial charge in [0.1, 0.15) is 0 Å². The van der Waals surface area contributed by atoms with E-state index in [1.165, 1.54) is 257 Å². The Morgan fingerprint density at radius 3 is 1.08 bits per heavy atom. The molecule has 6 heteroatoms. The Kier molecular flexibility index (Phi) is 59.5. The second-order valence-corrected chi connectivity index (χ2v) is 21.7. The standard InChI is InChI=1S/C66H123NO5/c1-3-5-7-9-11-13-15-17-19-32-36-40-44-48-52-56-60-66(71)72-61-57-53-49-45-41-37-33-30-28-26-24-22-20-21-23-25-27-29-31-35-39-43-47-51-55-59-65(70)67-63(62-68)64(69)58-54-50-46-42-38-34-18-16-14-12-10-8-6-4-2/h13,15,19,21,23,32,54,58,63-64,68-69H,3-12,14,16-18,20,22,24-31,33-53,55-57,59-62H2,1-2H3,(H,67,70)/b15-13-,23-21-,32-19-,58-54+. The maximum atomic E-state index is 12.5. The molecule has 0 aromatic rings. The third-order valence-electron chi connectivity index (χ3n) is 14.6. The van der Waals surface area contributed by atoms with Crippen LogP contribution >= 0.6 is 0 Å². The third-order valence-corrected chi connectivity index (χ3v) is 14.6. The van der Waals surface area contributed by atoms with Crippen LogP contribution in [0, 0.1) is 0 Å². The minimum Gasteiger partial charge on any atom is -0.466 e. The summed E-state index contributed by atoms with van der Waals surface area (Å²) in [5.41, 5.74) is 0. The van der Waals surface area contributed by atoms with E-state index in [1.807, 2.05) is 6.08 Å². The fraction of sp³-hybridized carbons (Fsp3) is 0.848. The minimum absolute atomic E-state index is 0.000715. The number of hydrogen-bond donors (Lipinski definition) is 3. The van der Waals surface area contributed by atoms with Gasteiger partial charge in [0, 0.05) is 12.8 Å². The first-order chi connectivity index (χ1) is 35.5. The number of rotatable bonds is 59. The van der Waals surface area contributed by atoms with Crippen molar-refractivity contribution in [3.63, 3.8) is 0 Å². The van der Waals surface area contributed by atoms with E-state index >= 15 is 0 Å². The van der Waals surface area contributed by atoms with Crippen LogP contribution in [0.25, 0.3) is 0 Å². The summed E-state index contributed by atoms with van der Waals surface area (Å²) in [7, 11) is 0. The maximum Gasteiger partial charge on any atom is 0.305 e. The van der Waals surface area contributed by atoms with E-state index in [1.54, 1.807) is 6.08 Å². The van der Waals surface area contributed by atoms with Crippen molar-refractivity contribution in [3.05, 3.63) is 48.6 Å². The van der Waals surface area contributed by atoms with Gasteiger partial charge in [0.25, 0.3) is 0 Å². The molecule has 1 amide bonds. The quantitative estimate of drug-likeness (QED) is 0.0320. The number of esters is 1. The minimum atomic E-state index is -0.847. The normalized spacial score (nSPS) is 12.9. The summed E-state index contributed by atoms with van der Waals surface area (Å²) in [4.78, 5) is 24.5. The van der Waals surface area contributed by atoms with Crippen LogP contribution in [0.2, 0.25) is 0 Å². The van der Waals surface area contributed by atoms with E-state index in [0.717, 1.165) is 51.4 Å². The second kappa shape index (κ2) is 61.4. The topological polar surface area (TPSA) is 95.9 Å². The molecule has 2 atom stereocenters. The summed E-state index contributed by atoms with van der Waals surface area (Å²) in [6, 6.07) is -0.630.